The van der Waals surface area contributed by atoms with Crippen molar-refractivity contribution in [1.82, 2.24) is 9.97 Å². The van der Waals surface area contributed by atoms with E-state index in [4.69, 9.17) is 0 Å². The van der Waals surface area contributed by atoms with Gasteiger partial charge in [-0.1, -0.05) is 15.9 Å². The van der Waals surface area contributed by atoms with Gasteiger partial charge >= 0.3 is 0 Å². The van der Waals surface area contributed by atoms with Gasteiger partial charge < -0.3 is 0 Å². The van der Waals surface area contributed by atoms with Crippen LogP contribution in [0.4, 0.5) is 5.82 Å². The van der Waals surface area contributed by atoms with Gasteiger partial charge in [0.15, 0.2) is 10.4 Å². The van der Waals surface area contributed by atoms with E-state index in [0.717, 1.165) is 0 Å². The van der Waals surface area contributed by atoms with E-state index in [1.807, 2.05) is 0 Å². The Labute approximate surface area is 106 Å². The lowest BCUT2D eigenvalue weighted by Crippen LogP contribution is -2.14. The standard InChI is InChI=1S/C5H4Br3N3O2S/c6-2-14(12,13)11-5-4(8)10-3(7)1-9-5/h1H,2H2,(H,9,11). The summed E-state index contributed by atoms with van der Waals surface area (Å²) >= 11 is 9.03. The molecule has 1 rings (SSSR count). The molecule has 1 heterocycles. The first-order valence-corrected chi connectivity index (χ1v) is 7.55. The maximum Gasteiger partial charge on any atom is 0.244 e. The van der Waals surface area contributed by atoms with Gasteiger partial charge in [-0.15, -0.1) is 0 Å². The number of halogens is 3. The quantitative estimate of drug-likeness (QED) is 0.776. The van der Waals surface area contributed by atoms with Gasteiger partial charge in [0, 0.05) is 0 Å². The summed E-state index contributed by atoms with van der Waals surface area (Å²) in [7, 11) is -3.39. The third-order valence-electron chi connectivity index (χ3n) is 1.10. The predicted molar refractivity (Wildman–Crippen MR) is 63.8 cm³/mol. The van der Waals surface area contributed by atoms with Crippen LogP contribution in [0.1, 0.15) is 0 Å². The van der Waals surface area contributed by atoms with Crippen LogP contribution in [0.25, 0.3) is 0 Å². The Morgan fingerprint density at radius 3 is 2.57 bits per heavy atom. The molecule has 0 saturated heterocycles. The average molecular weight is 410 g/mol. The zero-order valence-electron chi connectivity index (χ0n) is 6.54. The second kappa shape index (κ2) is 4.86. The van der Waals surface area contributed by atoms with E-state index < -0.39 is 10.0 Å². The molecule has 0 aliphatic rings. The van der Waals surface area contributed by atoms with E-state index in [0.29, 0.717) is 9.21 Å². The first-order valence-electron chi connectivity index (χ1n) is 3.19. The van der Waals surface area contributed by atoms with Gasteiger partial charge in [0.05, 0.1) is 6.20 Å². The molecular weight excluding hydrogens is 406 g/mol. The van der Waals surface area contributed by atoms with Crippen LogP contribution < -0.4 is 4.72 Å². The number of alkyl halides is 1. The maximum absolute atomic E-state index is 11.1. The molecule has 78 valence electrons. The van der Waals surface area contributed by atoms with Crippen LogP contribution >= 0.6 is 47.8 Å². The lowest BCUT2D eigenvalue weighted by atomic mass is 10.7. The van der Waals surface area contributed by atoms with Crippen molar-refractivity contribution in [3.05, 3.63) is 15.4 Å². The Hall–Kier alpha value is 0.270. The van der Waals surface area contributed by atoms with E-state index in [9.17, 15) is 8.42 Å². The van der Waals surface area contributed by atoms with Crippen LogP contribution in [0, 0.1) is 0 Å². The third kappa shape index (κ3) is 3.44. The van der Waals surface area contributed by atoms with E-state index in [1.54, 1.807) is 0 Å². The number of hydrogen-bond acceptors (Lipinski definition) is 4. The zero-order chi connectivity index (χ0) is 10.8. The summed E-state index contributed by atoms with van der Waals surface area (Å²) in [5.74, 6) is 0.160. The number of rotatable bonds is 3. The van der Waals surface area contributed by atoms with E-state index in [1.165, 1.54) is 6.20 Å². The maximum atomic E-state index is 11.1. The predicted octanol–water partition coefficient (Wildman–Crippen LogP) is 2.10. The monoisotopic (exact) mass is 407 g/mol. The zero-order valence-corrected chi connectivity index (χ0v) is 12.1. The summed E-state index contributed by atoms with van der Waals surface area (Å²) in [4.78, 5) is 7.76. The summed E-state index contributed by atoms with van der Waals surface area (Å²) in [5.41, 5.74) is 0. The van der Waals surface area contributed by atoms with Crippen LogP contribution in [0.15, 0.2) is 15.4 Å². The van der Waals surface area contributed by atoms with E-state index in [-0.39, 0.29) is 10.5 Å². The van der Waals surface area contributed by atoms with Crippen LogP contribution in [-0.4, -0.2) is 23.0 Å². The van der Waals surface area contributed by atoms with Crippen LogP contribution in [0.2, 0.25) is 0 Å². The molecule has 0 aliphatic heterocycles. The number of anilines is 1. The second-order valence-corrected chi connectivity index (χ2v) is 6.75. The normalized spacial score (nSPS) is 11.4. The van der Waals surface area contributed by atoms with Crippen molar-refractivity contribution in [1.29, 1.82) is 0 Å². The van der Waals surface area contributed by atoms with Gasteiger partial charge in [-0.3, -0.25) is 4.72 Å². The molecule has 0 aliphatic carbocycles. The summed E-state index contributed by atoms with van der Waals surface area (Å²) in [6.07, 6.45) is 1.40. The van der Waals surface area contributed by atoms with Crippen molar-refractivity contribution in [3.63, 3.8) is 0 Å². The molecule has 0 amide bonds. The molecule has 0 fully saturated rings. The van der Waals surface area contributed by atoms with Gasteiger partial charge in [0.2, 0.25) is 10.0 Å². The van der Waals surface area contributed by atoms with Crippen molar-refractivity contribution < 1.29 is 8.42 Å². The Balaban J connectivity index is 2.99. The van der Waals surface area contributed by atoms with Gasteiger partial charge in [-0.05, 0) is 31.9 Å². The fourth-order valence-electron chi connectivity index (χ4n) is 0.590. The van der Waals surface area contributed by atoms with E-state index in [2.05, 4.69) is 62.5 Å². The molecule has 0 unspecified atom stereocenters. The fourth-order valence-corrected chi connectivity index (χ4v) is 2.47. The largest absolute Gasteiger partial charge is 0.264 e. The van der Waals surface area contributed by atoms with Gasteiger partial charge in [0.25, 0.3) is 0 Å². The Morgan fingerprint density at radius 2 is 2.07 bits per heavy atom. The molecule has 9 heteroatoms. The molecule has 1 N–H and O–H groups in total. The highest BCUT2D eigenvalue weighted by atomic mass is 79.9. The molecule has 0 aromatic carbocycles. The lowest BCUT2D eigenvalue weighted by Gasteiger charge is -2.05. The van der Waals surface area contributed by atoms with Crippen LogP contribution in [-0.2, 0) is 10.0 Å². The first kappa shape index (κ1) is 12.3. The Bertz CT molecular complexity index is 436. The Morgan fingerprint density at radius 1 is 1.43 bits per heavy atom. The molecule has 1 aromatic rings. The van der Waals surface area contributed by atoms with Crippen LogP contribution in [0.3, 0.4) is 0 Å². The average Bonchev–Trinajstić information content (AvgIpc) is 2.10. The molecule has 0 spiro atoms. The minimum atomic E-state index is -3.39. The van der Waals surface area contributed by atoms with E-state index >= 15 is 0 Å². The Kier molecular flexibility index (Phi) is 4.29. The van der Waals surface area contributed by atoms with Gasteiger partial charge in [-0.2, -0.15) is 0 Å². The number of sulfonamides is 1. The molecule has 5 nitrogen and oxygen atoms in total. The number of nitrogens with zero attached hydrogens (tertiary/aromatic N) is 2. The third-order valence-corrected chi connectivity index (χ3v) is 4.63. The van der Waals surface area contributed by atoms with Gasteiger partial charge in [-0.25, -0.2) is 18.4 Å². The molecule has 0 radical (unpaired) electrons. The van der Waals surface area contributed by atoms with Crippen LogP contribution in [0.5, 0.6) is 0 Å². The molecular formula is C5H4Br3N3O2S. The minimum absolute atomic E-state index is 0.160. The van der Waals surface area contributed by atoms with Gasteiger partial charge in [0.1, 0.15) is 9.27 Å². The van der Waals surface area contributed by atoms with Crippen molar-refractivity contribution in [3.8, 4) is 0 Å². The topological polar surface area (TPSA) is 72.0 Å². The summed E-state index contributed by atoms with van der Waals surface area (Å²) in [6, 6.07) is 0. The second-order valence-electron chi connectivity index (χ2n) is 2.16. The van der Waals surface area contributed by atoms with Crippen molar-refractivity contribution in [2.24, 2.45) is 0 Å². The first-order chi connectivity index (χ1) is 6.44. The highest BCUT2D eigenvalue weighted by Crippen LogP contribution is 2.20. The fraction of sp³-hybridized carbons (Fsp3) is 0.200. The van der Waals surface area contributed by atoms with Crippen molar-refractivity contribution in [2.75, 3.05) is 9.38 Å². The smallest absolute Gasteiger partial charge is 0.244 e. The molecule has 0 saturated carbocycles. The number of hydrogen-bond donors (Lipinski definition) is 1. The highest BCUT2D eigenvalue weighted by Gasteiger charge is 2.12. The number of aromatic nitrogens is 2. The molecule has 14 heavy (non-hydrogen) atoms. The minimum Gasteiger partial charge on any atom is -0.264 e. The number of nitrogens with one attached hydrogen (secondary N) is 1. The lowest BCUT2D eigenvalue weighted by molar-refractivity contribution is 0.605. The van der Waals surface area contributed by atoms with Crippen molar-refractivity contribution in [2.45, 2.75) is 0 Å². The SMILES string of the molecule is O=S(=O)(CBr)Nc1ncc(Br)nc1Br. The summed E-state index contributed by atoms with van der Waals surface area (Å²) in [6.45, 7) is 0. The molecule has 0 atom stereocenters. The highest BCUT2D eigenvalue weighted by molar-refractivity contribution is 9.11. The summed E-state index contributed by atoms with van der Waals surface area (Å²) < 4.78 is 25.2. The molecule has 0 bridgehead atoms. The molecule has 1 aromatic heterocycles. The van der Waals surface area contributed by atoms with Crippen molar-refractivity contribution >= 4 is 63.6 Å². The summed E-state index contributed by atoms with van der Waals surface area (Å²) in [5, 5.41) is 0.